The Morgan fingerprint density at radius 1 is 1.02 bits per heavy atom. The minimum atomic E-state index is -1.87. The lowest BCUT2D eigenvalue weighted by atomic mass is 9.60. The molecule has 252 valence electrons. The highest BCUT2D eigenvalue weighted by Gasteiger charge is 2.50. The molecule has 2 saturated carbocycles. The van der Waals surface area contributed by atoms with Crippen LogP contribution >= 0.6 is 0 Å². The number of ether oxygens (including phenoxy) is 2. The summed E-state index contributed by atoms with van der Waals surface area (Å²) in [5, 5.41) is 5.56. The van der Waals surface area contributed by atoms with Crippen LogP contribution in [0.2, 0.25) is 18.1 Å². The number of amides is 1. The first-order chi connectivity index (χ1) is 20.5. The number of nitrogens with zero attached hydrogens (tertiary/aromatic N) is 4. The maximum atomic E-state index is 12.5. The Hall–Kier alpha value is -1.42. The van der Waals surface area contributed by atoms with Gasteiger partial charge in [0.25, 0.3) is 0 Å². The van der Waals surface area contributed by atoms with Crippen LogP contribution in [0, 0.1) is 5.41 Å². The summed E-state index contributed by atoms with van der Waals surface area (Å²) in [5.41, 5.74) is 2.33. The van der Waals surface area contributed by atoms with E-state index in [-0.39, 0.29) is 22.8 Å². The standard InChI is InChI=1S/C35H64N4O4Si/c1-33(2,3)42-32(40)38(8)22-21-37(7)25-28-26-39(30-16-12-15-23-41-30)36-31(28)27-17-18-29(43-44(9,10)34(4,5)6)35(24-27)19-13-11-14-20-35/h26-27,29-30H,11-25H2,1-10H3/t27-,29-,30?/m0/s1. The van der Waals surface area contributed by atoms with Crippen molar-refractivity contribution in [1.29, 1.82) is 0 Å². The fourth-order valence-electron chi connectivity index (χ4n) is 7.23. The average molecular weight is 633 g/mol. The first kappa shape index (κ1) is 35.4. The van der Waals surface area contributed by atoms with Gasteiger partial charge in [-0.2, -0.15) is 5.10 Å². The second kappa shape index (κ2) is 14.1. The molecule has 3 aliphatic rings. The summed E-state index contributed by atoms with van der Waals surface area (Å²) >= 11 is 0. The summed E-state index contributed by atoms with van der Waals surface area (Å²) in [7, 11) is 2.09. The van der Waals surface area contributed by atoms with E-state index in [4.69, 9.17) is 19.0 Å². The van der Waals surface area contributed by atoms with Gasteiger partial charge in [0.05, 0.1) is 11.8 Å². The van der Waals surface area contributed by atoms with Gasteiger partial charge in [-0.1, -0.05) is 40.0 Å². The summed E-state index contributed by atoms with van der Waals surface area (Å²) in [6, 6.07) is 0. The lowest BCUT2D eigenvalue weighted by molar-refractivity contribution is -0.0420. The third-order valence-electron chi connectivity index (χ3n) is 10.8. The fraction of sp³-hybridized carbons (Fsp3) is 0.886. The van der Waals surface area contributed by atoms with E-state index in [9.17, 15) is 4.79 Å². The fourth-order valence-corrected chi connectivity index (χ4v) is 8.66. The van der Waals surface area contributed by atoms with Crippen molar-refractivity contribution in [2.45, 2.75) is 161 Å². The molecule has 0 bridgehead atoms. The summed E-state index contributed by atoms with van der Waals surface area (Å²) in [6.07, 6.45) is 15.7. The van der Waals surface area contributed by atoms with Crippen molar-refractivity contribution in [3.63, 3.8) is 0 Å². The zero-order valence-electron chi connectivity index (χ0n) is 29.8. The molecule has 1 aliphatic heterocycles. The number of hydrogen-bond donors (Lipinski definition) is 0. The van der Waals surface area contributed by atoms with Gasteiger partial charge in [0.15, 0.2) is 8.32 Å². The van der Waals surface area contributed by atoms with E-state index >= 15 is 0 Å². The topological polar surface area (TPSA) is 69.1 Å². The van der Waals surface area contributed by atoms with Crippen LogP contribution in [-0.4, -0.2) is 79.5 Å². The minimum absolute atomic E-state index is 0.0294. The van der Waals surface area contributed by atoms with Gasteiger partial charge in [0.1, 0.15) is 11.8 Å². The van der Waals surface area contributed by atoms with Gasteiger partial charge >= 0.3 is 6.09 Å². The molecule has 44 heavy (non-hydrogen) atoms. The third kappa shape index (κ3) is 8.89. The highest BCUT2D eigenvalue weighted by Crippen LogP contribution is 2.55. The first-order valence-corrected chi connectivity index (χ1v) is 20.4. The number of hydrogen-bond acceptors (Lipinski definition) is 6. The molecule has 8 nitrogen and oxygen atoms in total. The molecule has 1 saturated heterocycles. The van der Waals surface area contributed by atoms with Gasteiger partial charge in [-0.3, -0.25) is 0 Å². The molecule has 1 amide bonds. The van der Waals surface area contributed by atoms with Crippen LogP contribution in [0.4, 0.5) is 4.79 Å². The molecule has 9 heteroatoms. The lowest BCUT2D eigenvalue weighted by Gasteiger charge is -2.52. The third-order valence-corrected chi connectivity index (χ3v) is 15.3. The van der Waals surface area contributed by atoms with Crippen LogP contribution in [0.1, 0.15) is 136 Å². The van der Waals surface area contributed by atoms with E-state index < -0.39 is 13.9 Å². The average Bonchev–Trinajstić information content (AvgIpc) is 3.36. The molecular formula is C35H64N4O4Si. The zero-order valence-corrected chi connectivity index (χ0v) is 30.8. The van der Waals surface area contributed by atoms with Crippen molar-refractivity contribution in [2.24, 2.45) is 5.41 Å². The van der Waals surface area contributed by atoms with Crippen LogP contribution in [-0.2, 0) is 20.4 Å². The second-order valence-electron chi connectivity index (χ2n) is 16.7. The van der Waals surface area contributed by atoms with Crippen LogP contribution in [0.5, 0.6) is 0 Å². The highest BCUT2D eigenvalue weighted by molar-refractivity contribution is 6.74. The predicted octanol–water partition coefficient (Wildman–Crippen LogP) is 8.49. The maximum Gasteiger partial charge on any atom is 0.410 e. The van der Waals surface area contributed by atoms with E-state index in [2.05, 4.69) is 56.7 Å². The summed E-state index contributed by atoms with van der Waals surface area (Å²) in [4.78, 5) is 16.5. The molecule has 3 fully saturated rings. The van der Waals surface area contributed by atoms with Crippen LogP contribution < -0.4 is 0 Å². The SMILES string of the molecule is CN(CCN(C)C(=O)OC(C)(C)C)Cc1cn(C2CCCCO2)nc1[C@H]1CC[C@H](O[Si](C)(C)C(C)(C)C)C2(CCCCC2)C1. The summed E-state index contributed by atoms with van der Waals surface area (Å²) < 4.78 is 21.2. The molecule has 0 aromatic carbocycles. The van der Waals surface area contributed by atoms with Gasteiger partial charge in [-0.05, 0) is 103 Å². The minimum Gasteiger partial charge on any atom is -0.444 e. The van der Waals surface area contributed by atoms with E-state index in [0.717, 1.165) is 45.4 Å². The van der Waals surface area contributed by atoms with Gasteiger partial charge in [-0.25, -0.2) is 9.48 Å². The smallest absolute Gasteiger partial charge is 0.410 e. The van der Waals surface area contributed by atoms with Gasteiger partial charge in [0, 0.05) is 51.0 Å². The molecule has 1 aromatic heterocycles. The Balaban J connectivity index is 1.53. The van der Waals surface area contributed by atoms with Crippen LogP contribution in [0.25, 0.3) is 0 Å². The Kier molecular flexibility index (Phi) is 11.4. The molecule has 1 unspecified atom stereocenters. The largest absolute Gasteiger partial charge is 0.444 e. The molecular weight excluding hydrogens is 568 g/mol. The molecule has 2 heterocycles. The Morgan fingerprint density at radius 3 is 2.34 bits per heavy atom. The lowest BCUT2D eigenvalue weighted by Crippen LogP contribution is -2.52. The van der Waals surface area contributed by atoms with Crippen molar-refractivity contribution in [2.75, 3.05) is 33.8 Å². The number of likely N-dealkylation sites (N-methyl/N-ethyl adjacent to an activating group) is 2. The van der Waals surface area contributed by atoms with E-state index in [1.165, 1.54) is 56.2 Å². The second-order valence-corrected chi connectivity index (χ2v) is 21.5. The number of rotatable bonds is 9. The summed E-state index contributed by atoms with van der Waals surface area (Å²) in [6.45, 7) is 20.7. The van der Waals surface area contributed by atoms with Gasteiger partial charge in [0.2, 0.25) is 0 Å². The molecule has 3 atom stereocenters. The Bertz CT molecular complexity index is 1080. The van der Waals surface area contributed by atoms with Crippen molar-refractivity contribution in [1.82, 2.24) is 19.6 Å². The molecule has 1 spiro atoms. The normalized spacial score (nSPS) is 24.9. The Labute approximate surface area is 269 Å². The zero-order chi connectivity index (χ0) is 32.3. The number of carbonyl (C=O) groups excluding carboxylic acids is 1. The van der Waals surface area contributed by atoms with Crippen molar-refractivity contribution >= 4 is 14.4 Å². The van der Waals surface area contributed by atoms with Crippen molar-refractivity contribution in [3.05, 3.63) is 17.5 Å². The quantitative estimate of drug-likeness (QED) is 0.254. The number of carbonyl (C=O) groups is 1. The Morgan fingerprint density at radius 2 is 1.73 bits per heavy atom. The van der Waals surface area contributed by atoms with Crippen LogP contribution in [0.3, 0.4) is 0 Å². The van der Waals surface area contributed by atoms with E-state index in [1.54, 1.807) is 4.90 Å². The first-order valence-electron chi connectivity index (χ1n) is 17.5. The number of aromatic nitrogens is 2. The molecule has 0 N–H and O–H groups in total. The monoisotopic (exact) mass is 632 g/mol. The van der Waals surface area contributed by atoms with E-state index in [0.29, 0.717) is 18.6 Å². The molecule has 4 rings (SSSR count). The van der Waals surface area contributed by atoms with Crippen LogP contribution in [0.15, 0.2) is 6.20 Å². The molecule has 0 radical (unpaired) electrons. The van der Waals surface area contributed by atoms with Gasteiger partial charge < -0.3 is 23.7 Å². The summed E-state index contributed by atoms with van der Waals surface area (Å²) in [5.74, 6) is 0.435. The van der Waals surface area contributed by atoms with Crippen molar-refractivity contribution < 1.29 is 18.7 Å². The van der Waals surface area contributed by atoms with Gasteiger partial charge in [-0.15, -0.1) is 0 Å². The van der Waals surface area contributed by atoms with E-state index in [1.807, 2.05) is 27.8 Å². The molecule has 2 aliphatic carbocycles. The molecule has 1 aromatic rings. The predicted molar refractivity (Wildman–Crippen MR) is 180 cm³/mol. The highest BCUT2D eigenvalue weighted by atomic mass is 28.4. The maximum absolute atomic E-state index is 12.5. The van der Waals surface area contributed by atoms with Crippen molar-refractivity contribution in [3.8, 4) is 0 Å².